The van der Waals surface area contributed by atoms with Crippen LogP contribution in [0.5, 0.6) is 0 Å². The van der Waals surface area contributed by atoms with Crippen LogP contribution >= 0.6 is 0 Å². The Kier molecular flexibility index (Phi) is 5.29. The van der Waals surface area contributed by atoms with E-state index < -0.39 is 17.5 Å². The minimum Gasteiger partial charge on any atom is -0.480 e. The van der Waals surface area contributed by atoms with Crippen molar-refractivity contribution in [3.63, 3.8) is 0 Å². The molecule has 2 amide bonds. The molecule has 0 aliphatic carbocycles. The Bertz CT molecular complexity index is 509. The number of amides is 2. The van der Waals surface area contributed by atoms with E-state index in [1.54, 1.807) is 27.7 Å². The second-order valence-electron chi connectivity index (χ2n) is 5.65. The van der Waals surface area contributed by atoms with Crippen LogP contribution in [0.15, 0.2) is 24.3 Å². The zero-order valence-corrected chi connectivity index (χ0v) is 12.8. The molecule has 0 heterocycles. The first-order chi connectivity index (χ1) is 9.66. The molecule has 0 spiro atoms. The van der Waals surface area contributed by atoms with Gasteiger partial charge in [-0.1, -0.05) is 0 Å². The maximum atomic E-state index is 13.0. The summed E-state index contributed by atoms with van der Waals surface area (Å²) in [6, 6.07) is 5.11. The Morgan fingerprint density at radius 3 is 2.10 bits per heavy atom. The second-order valence-corrected chi connectivity index (χ2v) is 5.65. The zero-order valence-electron chi connectivity index (χ0n) is 12.8. The van der Waals surface area contributed by atoms with Gasteiger partial charge in [-0.05, 0) is 52.0 Å². The van der Waals surface area contributed by atoms with E-state index in [0.717, 1.165) is 0 Å². The average Bonchev–Trinajstić information content (AvgIpc) is 2.37. The van der Waals surface area contributed by atoms with Crippen LogP contribution in [0.4, 0.5) is 14.9 Å². The molecule has 6 heteroatoms. The number of hydrogen-bond donors (Lipinski definition) is 1. The summed E-state index contributed by atoms with van der Waals surface area (Å²) in [5.74, 6) is -1.46. The van der Waals surface area contributed by atoms with E-state index in [9.17, 15) is 14.0 Å². The highest BCUT2D eigenvalue weighted by Crippen LogP contribution is 2.21. The summed E-state index contributed by atoms with van der Waals surface area (Å²) in [7, 11) is 0. The van der Waals surface area contributed by atoms with E-state index >= 15 is 0 Å². The number of carboxylic acids is 1. The van der Waals surface area contributed by atoms with Gasteiger partial charge in [-0.3, -0.25) is 9.69 Å². The molecule has 21 heavy (non-hydrogen) atoms. The first-order valence-electron chi connectivity index (χ1n) is 6.73. The molecule has 1 aromatic rings. The molecule has 0 aromatic heterocycles. The van der Waals surface area contributed by atoms with Crippen LogP contribution in [0.2, 0.25) is 0 Å². The topological polar surface area (TPSA) is 60.9 Å². The number of carbonyl (C=O) groups excluding carboxylic acids is 1. The van der Waals surface area contributed by atoms with Crippen molar-refractivity contribution in [3.05, 3.63) is 30.1 Å². The number of anilines is 1. The molecular formula is C15H21FN2O3. The SMILES string of the molecule is CCN(C(=O)N(CC(=O)O)C(C)(C)C)c1ccc(F)cc1. The van der Waals surface area contributed by atoms with Crippen molar-refractivity contribution in [1.82, 2.24) is 4.90 Å². The fourth-order valence-electron chi connectivity index (χ4n) is 1.92. The highest BCUT2D eigenvalue weighted by atomic mass is 19.1. The van der Waals surface area contributed by atoms with Crippen LogP contribution in [0, 0.1) is 5.82 Å². The van der Waals surface area contributed by atoms with Gasteiger partial charge in [0.2, 0.25) is 0 Å². The third-order valence-electron chi connectivity index (χ3n) is 3.02. The largest absolute Gasteiger partial charge is 0.480 e. The molecule has 5 nitrogen and oxygen atoms in total. The second kappa shape index (κ2) is 6.56. The lowest BCUT2D eigenvalue weighted by Crippen LogP contribution is -2.54. The fraction of sp³-hybridized carbons (Fsp3) is 0.467. The maximum absolute atomic E-state index is 13.0. The number of carbonyl (C=O) groups is 2. The van der Waals surface area contributed by atoms with Crippen molar-refractivity contribution in [1.29, 1.82) is 0 Å². The number of rotatable bonds is 4. The smallest absolute Gasteiger partial charge is 0.325 e. The van der Waals surface area contributed by atoms with Crippen molar-refractivity contribution >= 4 is 17.7 Å². The minimum atomic E-state index is -1.08. The Hall–Kier alpha value is -2.11. The van der Waals surface area contributed by atoms with E-state index in [0.29, 0.717) is 12.2 Å². The van der Waals surface area contributed by atoms with E-state index in [4.69, 9.17) is 5.11 Å². The van der Waals surface area contributed by atoms with Gasteiger partial charge in [0, 0.05) is 17.8 Å². The van der Waals surface area contributed by atoms with Gasteiger partial charge in [-0.25, -0.2) is 9.18 Å². The molecule has 0 aliphatic heterocycles. The molecule has 0 unspecified atom stereocenters. The quantitative estimate of drug-likeness (QED) is 0.929. The molecule has 1 N–H and O–H groups in total. The van der Waals surface area contributed by atoms with Crippen molar-refractivity contribution < 1.29 is 19.1 Å². The first kappa shape index (κ1) is 16.9. The lowest BCUT2D eigenvalue weighted by Gasteiger charge is -2.38. The summed E-state index contributed by atoms with van der Waals surface area (Å²) in [6.45, 7) is 7.06. The normalized spacial score (nSPS) is 11.1. The molecule has 1 aromatic carbocycles. The number of nitrogens with zero attached hydrogens (tertiary/aromatic N) is 2. The summed E-state index contributed by atoms with van der Waals surface area (Å²) in [5, 5.41) is 9.00. The van der Waals surface area contributed by atoms with Gasteiger partial charge >= 0.3 is 12.0 Å². The van der Waals surface area contributed by atoms with Gasteiger partial charge in [-0.2, -0.15) is 0 Å². The Balaban J connectivity index is 3.09. The predicted octanol–water partition coefficient (Wildman–Crippen LogP) is 2.96. The minimum absolute atomic E-state index is 0.358. The van der Waals surface area contributed by atoms with Gasteiger partial charge in [0.05, 0.1) is 0 Å². The Morgan fingerprint density at radius 1 is 1.19 bits per heavy atom. The molecule has 0 saturated carbocycles. The van der Waals surface area contributed by atoms with Gasteiger partial charge in [0.15, 0.2) is 0 Å². The summed E-state index contributed by atoms with van der Waals surface area (Å²) in [6.07, 6.45) is 0. The van der Waals surface area contributed by atoms with E-state index in [1.165, 1.54) is 34.1 Å². The number of aliphatic carboxylic acids is 1. The van der Waals surface area contributed by atoms with Crippen LogP contribution in [0.1, 0.15) is 27.7 Å². The molecule has 1 rings (SSSR count). The average molecular weight is 296 g/mol. The molecule has 0 bridgehead atoms. The molecule has 116 valence electrons. The van der Waals surface area contributed by atoms with Crippen LogP contribution < -0.4 is 4.90 Å². The standard InChI is InChI=1S/C15H21FN2O3/c1-5-17(12-8-6-11(16)7-9-12)14(21)18(10-13(19)20)15(2,3)4/h6-9H,5,10H2,1-4H3,(H,19,20). The molecular weight excluding hydrogens is 275 g/mol. The van der Waals surface area contributed by atoms with Crippen molar-refractivity contribution in [3.8, 4) is 0 Å². The number of urea groups is 1. The molecule has 0 aliphatic rings. The monoisotopic (exact) mass is 296 g/mol. The number of halogens is 1. The summed E-state index contributed by atoms with van der Waals surface area (Å²) >= 11 is 0. The van der Waals surface area contributed by atoms with E-state index in [-0.39, 0.29) is 12.4 Å². The number of hydrogen-bond acceptors (Lipinski definition) is 2. The van der Waals surface area contributed by atoms with Crippen LogP contribution in [-0.4, -0.2) is 40.6 Å². The van der Waals surface area contributed by atoms with E-state index in [1.807, 2.05) is 0 Å². The van der Waals surface area contributed by atoms with E-state index in [2.05, 4.69) is 0 Å². The van der Waals surface area contributed by atoms with Gasteiger partial charge in [0.1, 0.15) is 12.4 Å². The predicted molar refractivity (Wildman–Crippen MR) is 78.9 cm³/mol. The van der Waals surface area contributed by atoms with Crippen LogP contribution in [0.25, 0.3) is 0 Å². The first-order valence-corrected chi connectivity index (χ1v) is 6.73. The van der Waals surface area contributed by atoms with Crippen LogP contribution in [-0.2, 0) is 4.79 Å². The summed E-state index contributed by atoms with van der Waals surface area (Å²) < 4.78 is 13.0. The Morgan fingerprint density at radius 2 is 1.71 bits per heavy atom. The third-order valence-corrected chi connectivity index (χ3v) is 3.02. The van der Waals surface area contributed by atoms with Crippen molar-refractivity contribution in [2.45, 2.75) is 33.2 Å². The molecule has 0 fully saturated rings. The Labute approximate surface area is 124 Å². The van der Waals surface area contributed by atoms with Crippen molar-refractivity contribution in [2.24, 2.45) is 0 Å². The van der Waals surface area contributed by atoms with Gasteiger partial charge < -0.3 is 10.0 Å². The van der Waals surface area contributed by atoms with Crippen molar-refractivity contribution in [2.75, 3.05) is 18.0 Å². The lowest BCUT2D eigenvalue weighted by molar-refractivity contribution is -0.138. The molecule has 0 atom stereocenters. The highest BCUT2D eigenvalue weighted by molar-refractivity contribution is 5.94. The number of carboxylic acid groups (broad SMARTS) is 1. The zero-order chi connectivity index (χ0) is 16.2. The third kappa shape index (κ3) is 4.44. The molecule has 0 saturated heterocycles. The van der Waals surface area contributed by atoms with Crippen LogP contribution in [0.3, 0.4) is 0 Å². The van der Waals surface area contributed by atoms with Gasteiger partial charge in [-0.15, -0.1) is 0 Å². The fourth-order valence-corrected chi connectivity index (χ4v) is 1.92. The number of benzene rings is 1. The highest BCUT2D eigenvalue weighted by Gasteiger charge is 2.31. The molecule has 0 radical (unpaired) electrons. The van der Waals surface area contributed by atoms with Gasteiger partial charge in [0.25, 0.3) is 0 Å². The summed E-state index contributed by atoms with van der Waals surface area (Å²) in [5.41, 5.74) is -0.105. The summed E-state index contributed by atoms with van der Waals surface area (Å²) in [4.78, 5) is 26.3. The maximum Gasteiger partial charge on any atom is 0.325 e. The lowest BCUT2D eigenvalue weighted by atomic mass is 10.1.